The van der Waals surface area contributed by atoms with Gasteiger partial charge in [0.25, 0.3) is 0 Å². The third-order valence-electron chi connectivity index (χ3n) is 3.76. The first-order chi connectivity index (χ1) is 7.10. The summed E-state index contributed by atoms with van der Waals surface area (Å²) >= 11 is 0. The predicted molar refractivity (Wildman–Crippen MR) is 64.7 cm³/mol. The number of aryl methyl sites for hydroxylation is 1. The van der Waals surface area contributed by atoms with Crippen molar-refractivity contribution in [2.75, 3.05) is 0 Å². The summed E-state index contributed by atoms with van der Waals surface area (Å²) in [6.45, 7) is 4.47. The van der Waals surface area contributed by atoms with Crippen LogP contribution >= 0.6 is 0 Å². The van der Waals surface area contributed by atoms with E-state index in [2.05, 4.69) is 38.1 Å². The van der Waals surface area contributed by atoms with E-state index < -0.39 is 0 Å². The van der Waals surface area contributed by atoms with Gasteiger partial charge in [-0.25, -0.2) is 0 Å². The second kappa shape index (κ2) is 3.97. The zero-order valence-corrected chi connectivity index (χ0v) is 9.79. The first kappa shape index (κ1) is 10.7. The number of benzene rings is 1. The number of nitrogens with two attached hydrogens (primary N) is 1. The van der Waals surface area contributed by atoms with E-state index in [0.717, 1.165) is 18.8 Å². The highest BCUT2D eigenvalue weighted by Gasteiger charge is 2.31. The second-order valence-corrected chi connectivity index (χ2v) is 5.21. The standard InChI is InChI=1S/C14H21N/c1-11-6-8-14(15,9-7-11)13-5-3-4-12(2)10-13/h3-5,10-11H,6-9,15H2,1-2H3. The SMILES string of the molecule is Cc1cccc(C2(N)CCC(C)CC2)c1. The monoisotopic (exact) mass is 203 g/mol. The van der Waals surface area contributed by atoms with E-state index in [1.54, 1.807) is 0 Å². The van der Waals surface area contributed by atoms with Gasteiger partial charge in [-0.1, -0.05) is 36.8 Å². The molecule has 1 saturated carbocycles. The van der Waals surface area contributed by atoms with Crippen LogP contribution in [-0.2, 0) is 5.54 Å². The lowest BCUT2D eigenvalue weighted by molar-refractivity contribution is 0.248. The molecule has 15 heavy (non-hydrogen) atoms. The molecule has 0 atom stereocenters. The van der Waals surface area contributed by atoms with Gasteiger partial charge in [-0.15, -0.1) is 0 Å². The quantitative estimate of drug-likeness (QED) is 0.744. The zero-order valence-electron chi connectivity index (χ0n) is 9.79. The largest absolute Gasteiger partial charge is 0.321 e. The van der Waals surface area contributed by atoms with Crippen LogP contribution in [0.3, 0.4) is 0 Å². The third-order valence-corrected chi connectivity index (χ3v) is 3.76. The molecule has 0 aliphatic heterocycles. The highest BCUT2D eigenvalue weighted by atomic mass is 14.7. The summed E-state index contributed by atoms with van der Waals surface area (Å²) in [5, 5.41) is 0. The van der Waals surface area contributed by atoms with Gasteiger partial charge in [0.05, 0.1) is 0 Å². The van der Waals surface area contributed by atoms with Crippen LogP contribution in [0.1, 0.15) is 43.7 Å². The van der Waals surface area contributed by atoms with E-state index in [0.29, 0.717) is 0 Å². The minimum absolute atomic E-state index is 0.0570. The van der Waals surface area contributed by atoms with Crippen molar-refractivity contribution in [3.63, 3.8) is 0 Å². The number of hydrogen-bond acceptors (Lipinski definition) is 1. The Morgan fingerprint density at radius 2 is 1.93 bits per heavy atom. The Morgan fingerprint density at radius 3 is 2.53 bits per heavy atom. The maximum absolute atomic E-state index is 6.51. The summed E-state index contributed by atoms with van der Waals surface area (Å²) < 4.78 is 0. The topological polar surface area (TPSA) is 26.0 Å². The van der Waals surface area contributed by atoms with E-state index >= 15 is 0 Å². The van der Waals surface area contributed by atoms with Gasteiger partial charge in [0, 0.05) is 5.54 Å². The van der Waals surface area contributed by atoms with E-state index in [1.807, 2.05) is 0 Å². The molecule has 0 aromatic heterocycles. The summed E-state index contributed by atoms with van der Waals surface area (Å²) in [4.78, 5) is 0. The molecule has 1 fully saturated rings. The molecular formula is C14H21N. The fourth-order valence-corrected chi connectivity index (χ4v) is 2.52. The van der Waals surface area contributed by atoms with Crippen molar-refractivity contribution < 1.29 is 0 Å². The maximum Gasteiger partial charge on any atom is 0.0409 e. The van der Waals surface area contributed by atoms with Crippen molar-refractivity contribution in [3.05, 3.63) is 35.4 Å². The normalized spacial score (nSPS) is 31.5. The van der Waals surface area contributed by atoms with Crippen LogP contribution in [0.15, 0.2) is 24.3 Å². The molecule has 0 unspecified atom stereocenters. The summed E-state index contributed by atoms with van der Waals surface area (Å²) in [6, 6.07) is 8.69. The second-order valence-electron chi connectivity index (χ2n) is 5.21. The number of rotatable bonds is 1. The Morgan fingerprint density at radius 1 is 1.27 bits per heavy atom. The van der Waals surface area contributed by atoms with Crippen molar-refractivity contribution in [1.29, 1.82) is 0 Å². The molecule has 1 aliphatic carbocycles. The van der Waals surface area contributed by atoms with Crippen LogP contribution in [0.4, 0.5) is 0 Å². The molecule has 1 aliphatic rings. The van der Waals surface area contributed by atoms with Gasteiger partial charge in [-0.3, -0.25) is 0 Å². The highest BCUT2D eigenvalue weighted by molar-refractivity contribution is 5.29. The number of hydrogen-bond donors (Lipinski definition) is 1. The van der Waals surface area contributed by atoms with E-state index in [1.165, 1.54) is 24.0 Å². The summed E-state index contributed by atoms with van der Waals surface area (Å²) in [6.07, 6.45) is 4.81. The molecule has 0 spiro atoms. The van der Waals surface area contributed by atoms with Gasteiger partial charge in [-0.05, 0) is 44.1 Å². The third kappa shape index (κ3) is 2.23. The molecule has 0 radical (unpaired) electrons. The molecule has 82 valence electrons. The van der Waals surface area contributed by atoms with Crippen molar-refractivity contribution in [2.45, 2.75) is 45.1 Å². The fraction of sp³-hybridized carbons (Fsp3) is 0.571. The van der Waals surface area contributed by atoms with Crippen LogP contribution in [-0.4, -0.2) is 0 Å². The van der Waals surface area contributed by atoms with Gasteiger partial charge in [0.15, 0.2) is 0 Å². The van der Waals surface area contributed by atoms with Crippen LogP contribution in [0.5, 0.6) is 0 Å². The van der Waals surface area contributed by atoms with Crippen LogP contribution in [0, 0.1) is 12.8 Å². The van der Waals surface area contributed by atoms with Crippen molar-refractivity contribution in [1.82, 2.24) is 0 Å². The zero-order chi connectivity index (χ0) is 10.9. The molecule has 1 nitrogen and oxygen atoms in total. The Bertz CT molecular complexity index is 335. The summed E-state index contributed by atoms with van der Waals surface area (Å²) in [5.74, 6) is 0.853. The highest BCUT2D eigenvalue weighted by Crippen LogP contribution is 2.37. The molecule has 1 heteroatoms. The molecule has 2 N–H and O–H groups in total. The smallest absolute Gasteiger partial charge is 0.0409 e. The lowest BCUT2D eigenvalue weighted by Crippen LogP contribution is -2.40. The Balaban J connectivity index is 2.22. The molecule has 0 saturated heterocycles. The Labute approximate surface area is 92.7 Å². The molecule has 1 aromatic rings. The first-order valence-corrected chi connectivity index (χ1v) is 5.96. The van der Waals surface area contributed by atoms with Gasteiger partial charge in [-0.2, -0.15) is 0 Å². The van der Waals surface area contributed by atoms with Gasteiger partial charge in [0.1, 0.15) is 0 Å². The van der Waals surface area contributed by atoms with Gasteiger partial charge in [0.2, 0.25) is 0 Å². The van der Waals surface area contributed by atoms with Crippen LogP contribution < -0.4 is 5.73 Å². The maximum atomic E-state index is 6.51. The van der Waals surface area contributed by atoms with Crippen molar-refractivity contribution >= 4 is 0 Å². The van der Waals surface area contributed by atoms with E-state index in [9.17, 15) is 0 Å². The first-order valence-electron chi connectivity index (χ1n) is 5.96. The van der Waals surface area contributed by atoms with Crippen LogP contribution in [0.2, 0.25) is 0 Å². The molecular weight excluding hydrogens is 182 g/mol. The van der Waals surface area contributed by atoms with E-state index in [4.69, 9.17) is 5.73 Å². The van der Waals surface area contributed by atoms with Crippen molar-refractivity contribution in [2.24, 2.45) is 11.7 Å². The molecule has 2 rings (SSSR count). The average Bonchev–Trinajstić information content (AvgIpc) is 2.23. The predicted octanol–water partition coefficient (Wildman–Crippen LogP) is 3.36. The minimum atomic E-state index is -0.0570. The van der Waals surface area contributed by atoms with E-state index in [-0.39, 0.29) is 5.54 Å². The molecule has 0 bridgehead atoms. The Kier molecular flexibility index (Phi) is 2.83. The van der Waals surface area contributed by atoms with Crippen LogP contribution in [0.25, 0.3) is 0 Å². The average molecular weight is 203 g/mol. The minimum Gasteiger partial charge on any atom is -0.321 e. The van der Waals surface area contributed by atoms with Crippen molar-refractivity contribution in [3.8, 4) is 0 Å². The lowest BCUT2D eigenvalue weighted by Gasteiger charge is -2.36. The lowest BCUT2D eigenvalue weighted by atomic mass is 9.74. The summed E-state index contributed by atoms with van der Waals surface area (Å²) in [5.41, 5.74) is 9.10. The summed E-state index contributed by atoms with van der Waals surface area (Å²) in [7, 11) is 0. The molecule has 0 amide bonds. The fourth-order valence-electron chi connectivity index (χ4n) is 2.52. The molecule has 0 heterocycles. The van der Waals surface area contributed by atoms with Gasteiger partial charge < -0.3 is 5.73 Å². The molecule has 1 aromatic carbocycles. The van der Waals surface area contributed by atoms with Gasteiger partial charge >= 0.3 is 0 Å². The Hall–Kier alpha value is -0.820.